The fourth-order valence-electron chi connectivity index (χ4n) is 2.16. The number of sulfone groups is 1. The van der Waals surface area contributed by atoms with Gasteiger partial charge in [0.1, 0.15) is 4.90 Å². The van der Waals surface area contributed by atoms with E-state index in [4.69, 9.17) is 28.9 Å². The smallest absolute Gasteiger partial charge is 0.229 e. The van der Waals surface area contributed by atoms with Crippen LogP contribution in [0.15, 0.2) is 35.2 Å². The molecule has 2 rings (SSSR count). The van der Waals surface area contributed by atoms with Crippen molar-refractivity contribution in [3.05, 3.63) is 40.4 Å². The molecule has 6 nitrogen and oxygen atoms in total. The Labute approximate surface area is 150 Å². The fourth-order valence-corrected chi connectivity index (χ4v) is 4.72. The Hall–Kier alpha value is -1.48. The molecular formula is C14H14Cl2N2O4S2. The van der Waals surface area contributed by atoms with Crippen LogP contribution in [-0.2, 0) is 19.9 Å². The number of sulfonamides is 1. The third kappa shape index (κ3) is 4.13. The minimum Gasteiger partial charge on any atom is -0.399 e. The first-order chi connectivity index (χ1) is 10.9. The molecule has 0 aromatic heterocycles. The maximum absolute atomic E-state index is 12.1. The van der Waals surface area contributed by atoms with E-state index in [9.17, 15) is 16.8 Å². The first-order valence-corrected chi connectivity index (χ1v) is 11.0. The molecule has 24 heavy (non-hydrogen) atoms. The molecule has 0 unspecified atom stereocenters. The highest BCUT2D eigenvalue weighted by Gasteiger charge is 2.23. The summed E-state index contributed by atoms with van der Waals surface area (Å²) in [6, 6.07) is 7.53. The molecule has 0 heterocycles. The van der Waals surface area contributed by atoms with E-state index < -0.39 is 19.9 Å². The lowest BCUT2D eigenvalue weighted by Crippen LogP contribution is -2.13. The summed E-state index contributed by atoms with van der Waals surface area (Å²) >= 11 is 12.4. The van der Waals surface area contributed by atoms with Crippen molar-refractivity contribution in [1.82, 2.24) is 0 Å². The molecule has 0 saturated carbocycles. The molecule has 0 bridgehead atoms. The Morgan fingerprint density at radius 2 is 1.54 bits per heavy atom. The van der Waals surface area contributed by atoms with Crippen LogP contribution in [-0.4, -0.2) is 29.3 Å². The largest absolute Gasteiger partial charge is 0.399 e. The van der Waals surface area contributed by atoms with Crippen LogP contribution in [0.4, 0.5) is 11.4 Å². The van der Waals surface area contributed by atoms with E-state index in [1.165, 1.54) is 18.2 Å². The molecule has 0 fully saturated rings. The quantitative estimate of drug-likeness (QED) is 0.755. The third-order valence-electron chi connectivity index (χ3n) is 3.05. The van der Waals surface area contributed by atoms with E-state index in [0.717, 1.165) is 12.5 Å². The van der Waals surface area contributed by atoms with Crippen LogP contribution >= 0.6 is 23.2 Å². The molecule has 2 aromatic rings. The van der Waals surface area contributed by atoms with Crippen LogP contribution in [0.3, 0.4) is 0 Å². The maximum Gasteiger partial charge on any atom is 0.229 e. The summed E-state index contributed by atoms with van der Waals surface area (Å²) in [4.78, 5) is -0.319. The lowest BCUT2D eigenvalue weighted by atomic mass is 10.0. The zero-order valence-electron chi connectivity index (χ0n) is 12.7. The molecule has 10 heteroatoms. The molecule has 0 radical (unpaired) electrons. The molecule has 3 N–H and O–H groups in total. The average Bonchev–Trinajstić information content (AvgIpc) is 2.36. The molecule has 2 aromatic carbocycles. The zero-order chi connectivity index (χ0) is 18.3. The highest BCUT2D eigenvalue weighted by molar-refractivity contribution is 7.92. The van der Waals surface area contributed by atoms with Crippen LogP contribution < -0.4 is 10.5 Å². The van der Waals surface area contributed by atoms with Gasteiger partial charge in [-0.2, -0.15) is 0 Å². The Balaban J connectivity index is 2.78. The summed E-state index contributed by atoms with van der Waals surface area (Å²) in [6.45, 7) is 0. The van der Waals surface area contributed by atoms with E-state index in [1.807, 2.05) is 0 Å². The van der Waals surface area contributed by atoms with Gasteiger partial charge in [-0.15, -0.1) is 0 Å². The van der Waals surface area contributed by atoms with Gasteiger partial charge in [-0.3, -0.25) is 4.72 Å². The number of anilines is 2. The Bertz CT molecular complexity index is 1020. The Morgan fingerprint density at radius 3 is 2.04 bits per heavy atom. The van der Waals surface area contributed by atoms with Gasteiger partial charge in [0.05, 0.1) is 22.0 Å². The summed E-state index contributed by atoms with van der Waals surface area (Å²) in [6.07, 6.45) is 1.85. The second-order valence-corrected chi connectivity index (χ2v) is 9.68. The van der Waals surface area contributed by atoms with Crippen LogP contribution in [0.25, 0.3) is 11.1 Å². The predicted octanol–water partition coefficient (Wildman–Crippen LogP) is 3.02. The van der Waals surface area contributed by atoms with Gasteiger partial charge in [0.2, 0.25) is 10.0 Å². The minimum absolute atomic E-state index is 0.125. The van der Waals surface area contributed by atoms with Crippen molar-refractivity contribution in [2.45, 2.75) is 4.90 Å². The topological polar surface area (TPSA) is 106 Å². The van der Waals surface area contributed by atoms with Crippen molar-refractivity contribution in [2.24, 2.45) is 0 Å². The number of hydrogen-bond acceptors (Lipinski definition) is 5. The van der Waals surface area contributed by atoms with Crippen LogP contribution in [0.2, 0.25) is 10.0 Å². The summed E-state index contributed by atoms with van der Waals surface area (Å²) in [5.41, 5.74) is 6.79. The first kappa shape index (κ1) is 18.9. The molecule has 0 aliphatic heterocycles. The summed E-state index contributed by atoms with van der Waals surface area (Å²) in [5, 5.41) is 0.165. The van der Waals surface area contributed by atoms with Crippen LogP contribution in [0.5, 0.6) is 0 Å². The standard InChI is InChI=1S/C14H14Cl2N2O4S2/c1-23(19,20)14-12(18-24(2,21)22)6-5-10(13(14)16)9-4-3-8(17)7-11(9)15/h3-7,18H,17H2,1-2H3. The van der Waals surface area contributed by atoms with Gasteiger partial charge >= 0.3 is 0 Å². The van der Waals surface area contributed by atoms with Gasteiger partial charge in [0, 0.05) is 23.1 Å². The number of rotatable bonds is 4. The second-order valence-electron chi connectivity index (χ2n) is 5.19. The molecule has 0 atom stereocenters. The van der Waals surface area contributed by atoms with E-state index >= 15 is 0 Å². The number of nitrogens with one attached hydrogen (secondary N) is 1. The average molecular weight is 409 g/mol. The number of halogens is 2. The second kappa shape index (κ2) is 6.44. The van der Waals surface area contributed by atoms with Crippen LogP contribution in [0, 0.1) is 0 Å². The normalized spacial score (nSPS) is 12.2. The molecule has 0 amide bonds. The summed E-state index contributed by atoms with van der Waals surface area (Å²) < 4.78 is 49.3. The Kier molecular flexibility index (Phi) is 5.06. The minimum atomic E-state index is -3.81. The zero-order valence-corrected chi connectivity index (χ0v) is 15.8. The highest BCUT2D eigenvalue weighted by Crippen LogP contribution is 2.40. The lowest BCUT2D eigenvalue weighted by molar-refractivity contribution is 0.602. The number of nitrogens with two attached hydrogens (primary N) is 1. The SMILES string of the molecule is CS(=O)(=O)Nc1ccc(-c2ccc(N)cc2Cl)c(Cl)c1S(C)(=O)=O. The third-order valence-corrected chi connectivity index (χ3v) is 5.62. The number of nitrogen functional groups attached to an aromatic ring is 1. The lowest BCUT2D eigenvalue weighted by Gasteiger charge is -2.15. The van der Waals surface area contributed by atoms with E-state index in [0.29, 0.717) is 21.8 Å². The number of benzene rings is 2. The van der Waals surface area contributed by atoms with Gasteiger partial charge in [-0.25, -0.2) is 16.8 Å². The van der Waals surface area contributed by atoms with E-state index in [2.05, 4.69) is 4.72 Å². The highest BCUT2D eigenvalue weighted by atomic mass is 35.5. The monoisotopic (exact) mass is 408 g/mol. The molecule has 130 valence electrons. The first-order valence-electron chi connectivity index (χ1n) is 6.46. The van der Waals surface area contributed by atoms with Crippen molar-refractivity contribution >= 4 is 54.4 Å². The molecule has 0 aliphatic rings. The van der Waals surface area contributed by atoms with E-state index in [-0.39, 0.29) is 15.6 Å². The van der Waals surface area contributed by atoms with Gasteiger partial charge < -0.3 is 5.73 Å². The van der Waals surface area contributed by atoms with Crippen molar-refractivity contribution in [3.8, 4) is 11.1 Å². The van der Waals surface area contributed by atoms with Gasteiger partial charge in [-0.05, 0) is 18.2 Å². The van der Waals surface area contributed by atoms with Gasteiger partial charge in [-0.1, -0.05) is 35.3 Å². The molecule has 0 aliphatic carbocycles. The summed E-state index contributed by atoms with van der Waals surface area (Å²) in [7, 11) is -7.50. The molecule has 0 spiro atoms. The number of hydrogen-bond donors (Lipinski definition) is 2. The molecular weight excluding hydrogens is 395 g/mol. The van der Waals surface area contributed by atoms with E-state index in [1.54, 1.807) is 12.1 Å². The maximum atomic E-state index is 12.1. The van der Waals surface area contributed by atoms with Gasteiger partial charge in [0.25, 0.3) is 0 Å². The van der Waals surface area contributed by atoms with Crippen molar-refractivity contribution in [1.29, 1.82) is 0 Å². The van der Waals surface area contributed by atoms with Crippen molar-refractivity contribution < 1.29 is 16.8 Å². The van der Waals surface area contributed by atoms with Crippen molar-refractivity contribution in [3.63, 3.8) is 0 Å². The Morgan fingerprint density at radius 1 is 0.958 bits per heavy atom. The molecule has 0 saturated heterocycles. The predicted molar refractivity (Wildman–Crippen MR) is 97.9 cm³/mol. The van der Waals surface area contributed by atoms with Crippen molar-refractivity contribution in [2.75, 3.05) is 23.0 Å². The van der Waals surface area contributed by atoms with Crippen LogP contribution in [0.1, 0.15) is 0 Å². The fraction of sp³-hybridized carbons (Fsp3) is 0.143. The summed E-state index contributed by atoms with van der Waals surface area (Å²) in [5.74, 6) is 0. The van der Waals surface area contributed by atoms with Gasteiger partial charge in [0.15, 0.2) is 9.84 Å².